The van der Waals surface area contributed by atoms with E-state index in [2.05, 4.69) is 60.9 Å². The molecule has 0 bridgehead atoms. The molecule has 17 heavy (non-hydrogen) atoms. The number of halogens is 2. The molecular formula is C12H12Br2N2S. The fourth-order valence-corrected chi connectivity index (χ4v) is 3.60. The van der Waals surface area contributed by atoms with E-state index in [9.17, 15) is 0 Å². The lowest BCUT2D eigenvalue weighted by Gasteiger charge is -2.14. The smallest absolute Gasteiger partial charge is 0.0593 e. The van der Waals surface area contributed by atoms with Crippen LogP contribution in [0.15, 0.2) is 44.7 Å². The number of thiophene rings is 1. The predicted molar refractivity (Wildman–Crippen MR) is 79.9 cm³/mol. The van der Waals surface area contributed by atoms with Crippen LogP contribution in [-0.2, 0) is 6.42 Å². The first-order valence-corrected chi connectivity index (χ1v) is 7.60. The van der Waals surface area contributed by atoms with Gasteiger partial charge in [0.15, 0.2) is 0 Å². The Labute approximate surface area is 121 Å². The van der Waals surface area contributed by atoms with Gasteiger partial charge in [-0.2, -0.15) is 0 Å². The third-order valence-electron chi connectivity index (χ3n) is 2.46. The summed E-state index contributed by atoms with van der Waals surface area (Å²) in [5.74, 6) is 5.63. The molecule has 2 nitrogen and oxygen atoms in total. The summed E-state index contributed by atoms with van der Waals surface area (Å²) in [5.41, 5.74) is 4.13. The molecular weight excluding hydrogens is 364 g/mol. The van der Waals surface area contributed by atoms with Gasteiger partial charge in [0.2, 0.25) is 0 Å². The second kappa shape index (κ2) is 6.11. The monoisotopic (exact) mass is 374 g/mol. The van der Waals surface area contributed by atoms with E-state index in [1.54, 1.807) is 11.3 Å². The summed E-state index contributed by atoms with van der Waals surface area (Å²) in [4.78, 5) is 1.24. The van der Waals surface area contributed by atoms with Gasteiger partial charge in [-0.05, 0) is 46.1 Å². The van der Waals surface area contributed by atoms with Crippen LogP contribution in [-0.4, -0.2) is 0 Å². The van der Waals surface area contributed by atoms with Gasteiger partial charge in [0, 0.05) is 19.2 Å². The molecule has 0 amide bonds. The zero-order valence-electron chi connectivity index (χ0n) is 8.99. The number of benzene rings is 1. The SMILES string of the molecule is NNC(Cc1cccc(Br)c1)c1cc(Br)cs1. The Morgan fingerprint density at radius 3 is 2.65 bits per heavy atom. The molecule has 0 saturated carbocycles. The van der Waals surface area contributed by atoms with Crippen molar-refractivity contribution in [2.45, 2.75) is 12.5 Å². The van der Waals surface area contributed by atoms with E-state index in [0.717, 1.165) is 15.4 Å². The highest BCUT2D eigenvalue weighted by atomic mass is 79.9. The quantitative estimate of drug-likeness (QED) is 0.625. The van der Waals surface area contributed by atoms with E-state index < -0.39 is 0 Å². The van der Waals surface area contributed by atoms with E-state index in [4.69, 9.17) is 5.84 Å². The molecule has 0 fully saturated rings. The normalized spacial score (nSPS) is 12.6. The van der Waals surface area contributed by atoms with Gasteiger partial charge in [-0.3, -0.25) is 11.3 Å². The van der Waals surface area contributed by atoms with Crippen molar-refractivity contribution >= 4 is 43.2 Å². The second-order valence-corrected chi connectivity index (χ2v) is 6.49. The molecule has 0 aliphatic rings. The Kier molecular flexibility index (Phi) is 4.76. The molecule has 1 atom stereocenters. The molecule has 2 aromatic rings. The topological polar surface area (TPSA) is 38.0 Å². The van der Waals surface area contributed by atoms with Crippen molar-refractivity contribution in [3.05, 3.63) is 55.1 Å². The van der Waals surface area contributed by atoms with Crippen LogP contribution in [0.4, 0.5) is 0 Å². The molecule has 1 aromatic heterocycles. The maximum Gasteiger partial charge on any atom is 0.0593 e. The maximum absolute atomic E-state index is 5.63. The molecule has 0 aliphatic carbocycles. The Bertz CT molecular complexity index is 499. The van der Waals surface area contributed by atoms with Crippen LogP contribution in [0, 0.1) is 0 Å². The highest BCUT2D eigenvalue weighted by Gasteiger charge is 2.12. The van der Waals surface area contributed by atoms with E-state index in [-0.39, 0.29) is 6.04 Å². The Morgan fingerprint density at radius 1 is 1.24 bits per heavy atom. The maximum atomic E-state index is 5.63. The van der Waals surface area contributed by atoms with E-state index >= 15 is 0 Å². The lowest BCUT2D eigenvalue weighted by molar-refractivity contribution is 0.560. The van der Waals surface area contributed by atoms with Gasteiger partial charge >= 0.3 is 0 Å². The number of rotatable bonds is 4. The number of hydrazine groups is 1. The molecule has 0 spiro atoms. The minimum Gasteiger partial charge on any atom is -0.271 e. The minimum absolute atomic E-state index is 0.153. The molecule has 90 valence electrons. The first-order valence-electron chi connectivity index (χ1n) is 5.13. The molecule has 1 unspecified atom stereocenters. The Morgan fingerprint density at radius 2 is 2.06 bits per heavy atom. The van der Waals surface area contributed by atoms with Crippen molar-refractivity contribution in [2.75, 3.05) is 0 Å². The van der Waals surface area contributed by atoms with Crippen LogP contribution >= 0.6 is 43.2 Å². The lowest BCUT2D eigenvalue weighted by Crippen LogP contribution is -2.28. The summed E-state index contributed by atoms with van der Waals surface area (Å²) in [5, 5.41) is 2.07. The predicted octanol–water partition coefficient (Wildman–Crippen LogP) is 4.02. The summed E-state index contributed by atoms with van der Waals surface area (Å²) in [6.07, 6.45) is 0.878. The van der Waals surface area contributed by atoms with Gasteiger partial charge in [0.05, 0.1) is 6.04 Å². The summed E-state index contributed by atoms with van der Waals surface area (Å²) >= 11 is 8.64. The molecule has 0 saturated heterocycles. The summed E-state index contributed by atoms with van der Waals surface area (Å²) in [6, 6.07) is 10.5. The third kappa shape index (κ3) is 3.63. The summed E-state index contributed by atoms with van der Waals surface area (Å²) in [6.45, 7) is 0. The van der Waals surface area contributed by atoms with E-state index in [0.29, 0.717) is 0 Å². The van der Waals surface area contributed by atoms with Gasteiger partial charge in [-0.15, -0.1) is 11.3 Å². The molecule has 0 aliphatic heterocycles. The van der Waals surface area contributed by atoms with Crippen molar-refractivity contribution < 1.29 is 0 Å². The lowest BCUT2D eigenvalue weighted by atomic mass is 10.1. The largest absolute Gasteiger partial charge is 0.271 e. The van der Waals surface area contributed by atoms with Crippen LogP contribution < -0.4 is 11.3 Å². The highest BCUT2D eigenvalue weighted by molar-refractivity contribution is 9.10. The van der Waals surface area contributed by atoms with Crippen molar-refractivity contribution in [1.29, 1.82) is 0 Å². The molecule has 5 heteroatoms. The first-order chi connectivity index (χ1) is 8.19. The van der Waals surface area contributed by atoms with Gasteiger partial charge in [0.25, 0.3) is 0 Å². The van der Waals surface area contributed by atoms with Crippen molar-refractivity contribution in [3.8, 4) is 0 Å². The van der Waals surface area contributed by atoms with Gasteiger partial charge < -0.3 is 0 Å². The van der Waals surface area contributed by atoms with Crippen molar-refractivity contribution in [2.24, 2.45) is 5.84 Å². The average Bonchev–Trinajstić information content (AvgIpc) is 2.73. The van der Waals surface area contributed by atoms with Crippen LogP contribution in [0.3, 0.4) is 0 Å². The molecule has 3 N–H and O–H groups in total. The van der Waals surface area contributed by atoms with E-state index in [1.807, 2.05) is 12.1 Å². The molecule has 1 heterocycles. The Hall–Kier alpha value is -0.200. The van der Waals surface area contributed by atoms with Crippen molar-refractivity contribution in [3.63, 3.8) is 0 Å². The zero-order chi connectivity index (χ0) is 12.3. The zero-order valence-corrected chi connectivity index (χ0v) is 13.0. The van der Waals surface area contributed by atoms with E-state index in [1.165, 1.54) is 10.4 Å². The number of hydrogen-bond acceptors (Lipinski definition) is 3. The molecule has 1 aromatic carbocycles. The standard InChI is InChI=1S/C12H12Br2N2S/c13-9-3-1-2-8(4-9)5-11(16-15)12-6-10(14)7-17-12/h1-4,6-7,11,16H,5,15H2. The second-order valence-electron chi connectivity index (χ2n) is 3.72. The van der Waals surface area contributed by atoms with Gasteiger partial charge in [0.1, 0.15) is 0 Å². The molecule has 0 radical (unpaired) electrons. The van der Waals surface area contributed by atoms with Crippen LogP contribution in [0.1, 0.15) is 16.5 Å². The molecule has 2 rings (SSSR count). The number of nitrogens with one attached hydrogen (secondary N) is 1. The first kappa shape index (κ1) is 13.2. The fraction of sp³-hybridized carbons (Fsp3) is 0.167. The minimum atomic E-state index is 0.153. The third-order valence-corrected chi connectivity index (χ3v) is 4.76. The van der Waals surface area contributed by atoms with Crippen LogP contribution in [0.25, 0.3) is 0 Å². The summed E-state index contributed by atoms with van der Waals surface area (Å²) in [7, 11) is 0. The highest BCUT2D eigenvalue weighted by Crippen LogP contribution is 2.28. The number of hydrogen-bond donors (Lipinski definition) is 2. The average molecular weight is 376 g/mol. The van der Waals surface area contributed by atoms with Crippen LogP contribution in [0.2, 0.25) is 0 Å². The van der Waals surface area contributed by atoms with Gasteiger partial charge in [-0.25, -0.2) is 0 Å². The van der Waals surface area contributed by atoms with Crippen LogP contribution in [0.5, 0.6) is 0 Å². The fourth-order valence-electron chi connectivity index (χ4n) is 1.65. The summed E-state index contributed by atoms with van der Waals surface area (Å²) < 4.78 is 2.20. The van der Waals surface area contributed by atoms with Crippen molar-refractivity contribution in [1.82, 2.24) is 5.43 Å². The Balaban J connectivity index is 2.15. The number of nitrogens with two attached hydrogens (primary N) is 1. The van der Waals surface area contributed by atoms with Gasteiger partial charge in [-0.1, -0.05) is 28.1 Å².